The summed E-state index contributed by atoms with van der Waals surface area (Å²) in [5.74, 6) is -0.189. The lowest BCUT2D eigenvalue weighted by Gasteiger charge is -2.33. The Bertz CT molecular complexity index is 1570. The predicted octanol–water partition coefficient (Wildman–Crippen LogP) is 6.15. The molecule has 3 aliphatic rings. The van der Waals surface area contributed by atoms with E-state index in [-0.39, 0.29) is 61.2 Å². The Morgan fingerprint density at radius 2 is 1.00 bits per heavy atom. The fourth-order valence-corrected chi connectivity index (χ4v) is 6.40. The van der Waals surface area contributed by atoms with E-state index in [9.17, 15) is 24.0 Å². The Kier molecular flexibility index (Phi) is 20.3. The summed E-state index contributed by atoms with van der Waals surface area (Å²) in [4.78, 5) is 62.0. The highest BCUT2D eigenvalue weighted by atomic mass is 16.6. The van der Waals surface area contributed by atoms with Gasteiger partial charge in [0.15, 0.2) is 0 Å². The van der Waals surface area contributed by atoms with Crippen LogP contribution in [0.4, 0.5) is 9.59 Å². The number of carbonyl (C=O) groups excluding carboxylic acids is 5. The van der Waals surface area contributed by atoms with Gasteiger partial charge in [-0.25, -0.2) is 9.59 Å². The van der Waals surface area contributed by atoms with Crippen molar-refractivity contribution in [1.82, 2.24) is 25.8 Å². The third-order valence-electron chi connectivity index (χ3n) is 9.57. The summed E-state index contributed by atoms with van der Waals surface area (Å²) < 4.78 is 21.3. The van der Waals surface area contributed by atoms with Crippen molar-refractivity contribution in [1.29, 1.82) is 0 Å². The number of ketones is 1. The predicted molar refractivity (Wildman–Crippen MR) is 226 cm³/mol. The molecule has 14 nitrogen and oxygen atoms in total. The zero-order valence-corrected chi connectivity index (χ0v) is 36.6. The van der Waals surface area contributed by atoms with Crippen LogP contribution in [0.5, 0.6) is 0 Å². The van der Waals surface area contributed by atoms with E-state index in [1.165, 1.54) is 0 Å². The van der Waals surface area contributed by atoms with E-state index in [4.69, 9.17) is 18.9 Å². The molecule has 2 aromatic carbocycles. The second kappa shape index (κ2) is 24.5. The molecule has 0 spiro atoms. The van der Waals surface area contributed by atoms with Crippen LogP contribution in [0.25, 0.3) is 0 Å². The lowest BCUT2D eigenvalue weighted by molar-refractivity contribution is -0.158. The van der Waals surface area contributed by atoms with Crippen molar-refractivity contribution in [2.45, 2.75) is 142 Å². The van der Waals surface area contributed by atoms with Gasteiger partial charge < -0.3 is 44.7 Å². The Morgan fingerprint density at radius 3 is 1.39 bits per heavy atom. The van der Waals surface area contributed by atoms with Crippen LogP contribution in [0.2, 0.25) is 0 Å². The minimum atomic E-state index is -0.487. The van der Waals surface area contributed by atoms with E-state index in [2.05, 4.69) is 16.0 Å². The number of likely N-dealkylation sites (tertiary alicyclic amines) is 2. The van der Waals surface area contributed by atoms with Gasteiger partial charge in [0.05, 0.1) is 0 Å². The highest BCUT2D eigenvalue weighted by molar-refractivity contribution is 5.81. The standard InChI is InChI=1S/C20H30N2O4.C13H15NO3.C12H24N2O2/c1-15(18(23)26-20(2,3)4)21-17-10-12-22(13-11-17)19(24)25-14-16-8-6-5-7-9-16;15-12-6-8-14(9-7-12)13(16)17-10-11-4-2-1-3-5-11;1-9(11(15)16-12(2,3)4)14-10-5-7-13-8-6-10/h5-9,15,17,21H,10-14H2,1-4H3;1-5H,6-10H2;9-10,13-14H,5-8H2,1-4H3/t15-;;9-/m0.0/s1. The third-order valence-corrected chi connectivity index (χ3v) is 9.57. The molecule has 3 N–H and O–H groups in total. The zero-order chi connectivity index (χ0) is 43.4. The normalized spacial score (nSPS) is 17.5. The van der Waals surface area contributed by atoms with Crippen LogP contribution in [-0.4, -0.2) is 114 Å². The maximum Gasteiger partial charge on any atom is 0.410 e. The quantitative estimate of drug-likeness (QED) is 0.185. The van der Waals surface area contributed by atoms with Crippen molar-refractivity contribution in [3.8, 4) is 0 Å². The van der Waals surface area contributed by atoms with Crippen molar-refractivity contribution in [3.63, 3.8) is 0 Å². The van der Waals surface area contributed by atoms with Gasteiger partial charge in [-0.1, -0.05) is 60.7 Å². The van der Waals surface area contributed by atoms with E-state index in [0.29, 0.717) is 45.1 Å². The van der Waals surface area contributed by atoms with E-state index in [1.807, 2.05) is 116 Å². The molecule has 59 heavy (non-hydrogen) atoms. The number of esters is 2. The van der Waals surface area contributed by atoms with Crippen LogP contribution < -0.4 is 16.0 Å². The van der Waals surface area contributed by atoms with Gasteiger partial charge in [0.1, 0.15) is 42.3 Å². The third kappa shape index (κ3) is 20.3. The number of piperidine rings is 3. The number of hydrogen-bond donors (Lipinski definition) is 3. The van der Waals surface area contributed by atoms with Gasteiger partial charge in [-0.3, -0.25) is 14.4 Å². The molecular formula is C45H69N5O9. The highest BCUT2D eigenvalue weighted by Crippen LogP contribution is 2.16. The molecule has 0 aromatic heterocycles. The van der Waals surface area contributed by atoms with Gasteiger partial charge in [0.25, 0.3) is 0 Å². The average molecular weight is 824 g/mol. The van der Waals surface area contributed by atoms with Gasteiger partial charge in [0.2, 0.25) is 0 Å². The molecule has 3 heterocycles. The van der Waals surface area contributed by atoms with Crippen LogP contribution in [0.3, 0.4) is 0 Å². The number of nitrogens with zero attached hydrogens (tertiary/aromatic N) is 2. The molecule has 0 bridgehead atoms. The molecule has 3 saturated heterocycles. The topological polar surface area (TPSA) is 165 Å². The number of hydrogen-bond acceptors (Lipinski definition) is 12. The number of benzene rings is 2. The Morgan fingerprint density at radius 1 is 0.627 bits per heavy atom. The smallest absolute Gasteiger partial charge is 0.410 e. The molecule has 328 valence electrons. The van der Waals surface area contributed by atoms with E-state index in [0.717, 1.165) is 49.9 Å². The summed E-state index contributed by atoms with van der Waals surface area (Å²) in [7, 11) is 0. The Hall–Kier alpha value is -4.53. The van der Waals surface area contributed by atoms with Crippen molar-refractivity contribution >= 4 is 29.9 Å². The fourth-order valence-electron chi connectivity index (χ4n) is 6.40. The molecule has 0 unspecified atom stereocenters. The van der Waals surface area contributed by atoms with Gasteiger partial charge in [-0.2, -0.15) is 0 Å². The summed E-state index contributed by atoms with van der Waals surface area (Å²) in [6, 6.07) is 19.2. The van der Waals surface area contributed by atoms with Crippen LogP contribution in [0, 0.1) is 0 Å². The molecule has 5 rings (SSSR count). The number of rotatable bonds is 10. The van der Waals surface area contributed by atoms with Crippen LogP contribution in [0.15, 0.2) is 60.7 Å². The molecule has 3 aliphatic heterocycles. The second-order valence-electron chi connectivity index (χ2n) is 17.2. The first-order valence-electron chi connectivity index (χ1n) is 21.0. The van der Waals surface area contributed by atoms with Crippen molar-refractivity contribution in [2.24, 2.45) is 0 Å². The van der Waals surface area contributed by atoms with Crippen molar-refractivity contribution in [3.05, 3.63) is 71.8 Å². The molecule has 14 heteroatoms. The Balaban J connectivity index is 0.000000247. The summed E-state index contributed by atoms with van der Waals surface area (Å²) >= 11 is 0. The summed E-state index contributed by atoms with van der Waals surface area (Å²) in [5, 5.41) is 9.93. The van der Waals surface area contributed by atoms with Crippen LogP contribution in [-0.2, 0) is 46.5 Å². The highest BCUT2D eigenvalue weighted by Gasteiger charge is 2.29. The molecule has 0 aliphatic carbocycles. The first kappa shape index (κ1) is 48.8. The van der Waals surface area contributed by atoms with Gasteiger partial charge in [-0.05, 0) is 105 Å². The van der Waals surface area contributed by atoms with Crippen LogP contribution >= 0.6 is 0 Å². The van der Waals surface area contributed by atoms with Gasteiger partial charge in [0, 0.05) is 51.1 Å². The second-order valence-corrected chi connectivity index (χ2v) is 17.2. The first-order valence-corrected chi connectivity index (χ1v) is 21.0. The SMILES string of the molecule is C[C@H](NC1CCN(C(=O)OCc2ccccc2)CC1)C(=O)OC(C)(C)C.C[C@H](NC1CCNCC1)C(=O)OC(C)(C)C.O=C1CCN(C(=O)OCc2ccccc2)CC1. The molecular weight excluding hydrogens is 755 g/mol. The molecule has 2 atom stereocenters. The van der Waals surface area contributed by atoms with E-state index >= 15 is 0 Å². The number of nitrogens with one attached hydrogen (secondary N) is 3. The molecule has 2 amide bonds. The zero-order valence-electron chi connectivity index (χ0n) is 36.6. The monoisotopic (exact) mass is 824 g/mol. The van der Waals surface area contributed by atoms with Crippen LogP contribution in [0.1, 0.15) is 105 Å². The van der Waals surface area contributed by atoms with Crippen molar-refractivity contribution in [2.75, 3.05) is 39.3 Å². The van der Waals surface area contributed by atoms with Gasteiger partial charge in [-0.15, -0.1) is 0 Å². The van der Waals surface area contributed by atoms with Crippen molar-refractivity contribution < 1.29 is 42.9 Å². The lowest BCUT2D eigenvalue weighted by Crippen LogP contribution is -2.50. The largest absolute Gasteiger partial charge is 0.459 e. The molecule has 0 radical (unpaired) electrons. The minimum absolute atomic E-state index is 0.161. The summed E-state index contributed by atoms with van der Waals surface area (Å²) in [5.41, 5.74) is 1.05. The summed E-state index contributed by atoms with van der Waals surface area (Å²) in [6.07, 6.45) is 4.00. The number of ether oxygens (including phenoxy) is 4. The maximum absolute atomic E-state index is 12.2. The number of Topliss-reactive ketones (excluding diaryl/α,β-unsaturated/α-hetero) is 1. The molecule has 3 fully saturated rings. The average Bonchev–Trinajstić information content (AvgIpc) is 3.20. The molecule has 2 aromatic rings. The number of amides is 2. The maximum atomic E-state index is 12.2. The van der Waals surface area contributed by atoms with E-state index in [1.54, 1.807) is 9.80 Å². The fraction of sp³-hybridized carbons (Fsp3) is 0.622. The number of carbonyl (C=O) groups is 5. The summed E-state index contributed by atoms with van der Waals surface area (Å²) in [6.45, 7) is 19.7. The van der Waals surface area contributed by atoms with Gasteiger partial charge >= 0.3 is 24.1 Å². The minimum Gasteiger partial charge on any atom is -0.459 e. The first-order chi connectivity index (χ1) is 27.9. The lowest BCUT2D eigenvalue weighted by atomic mass is 10.0. The van der Waals surface area contributed by atoms with E-state index < -0.39 is 11.2 Å². The Labute approximate surface area is 351 Å². The molecule has 0 saturated carbocycles.